The van der Waals surface area contributed by atoms with E-state index in [9.17, 15) is 0 Å². The first-order valence-electron chi connectivity index (χ1n) is 8.17. The van der Waals surface area contributed by atoms with Gasteiger partial charge >= 0.3 is 0 Å². The molecule has 0 N–H and O–H groups in total. The summed E-state index contributed by atoms with van der Waals surface area (Å²) in [5.41, 5.74) is 0. The minimum Gasteiger partial charge on any atom is -0.103 e. The Morgan fingerprint density at radius 2 is 1.06 bits per heavy atom. The molecule has 0 radical (unpaired) electrons. The summed E-state index contributed by atoms with van der Waals surface area (Å²) in [6.07, 6.45) is 24.5. The summed E-state index contributed by atoms with van der Waals surface area (Å²) in [5, 5.41) is 0. The first-order valence-corrected chi connectivity index (χ1v) is 8.17. The zero-order valence-corrected chi connectivity index (χ0v) is 12.6. The van der Waals surface area contributed by atoms with Crippen LogP contribution < -0.4 is 0 Å². The molecule has 0 heteroatoms. The summed E-state index contributed by atoms with van der Waals surface area (Å²) in [7, 11) is 0. The fourth-order valence-corrected chi connectivity index (χ4v) is 2.25. The summed E-state index contributed by atoms with van der Waals surface area (Å²) in [6, 6.07) is 0. The van der Waals surface area contributed by atoms with Crippen LogP contribution in [-0.2, 0) is 0 Å². The molecule has 18 heavy (non-hydrogen) atoms. The van der Waals surface area contributed by atoms with E-state index in [1.165, 1.54) is 83.5 Å². The van der Waals surface area contributed by atoms with Crippen molar-refractivity contribution in [1.82, 2.24) is 0 Å². The van der Waals surface area contributed by atoms with Gasteiger partial charge in [-0.1, -0.05) is 76.5 Å². The van der Waals surface area contributed by atoms with Crippen LogP contribution in [0.2, 0.25) is 0 Å². The third-order valence-corrected chi connectivity index (χ3v) is 3.43. The Hall–Kier alpha value is -0.520. The van der Waals surface area contributed by atoms with Crippen LogP contribution >= 0.6 is 0 Å². The second-order valence-electron chi connectivity index (χ2n) is 5.28. The predicted octanol–water partition coefficient (Wildman–Crippen LogP) is 6.82. The normalized spacial score (nSPS) is 11.2. The van der Waals surface area contributed by atoms with Gasteiger partial charge in [-0.15, -0.1) is 6.58 Å². The molecular formula is C18H34. The summed E-state index contributed by atoms with van der Waals surface area (Å²) >= 11 is 0. The van der Waals surface area contributed by atoms with Crippen LogP contribution in [0.5, 0.6) is 0 Å². The quantitative estimate of drug-likeness (QED) is 0.234. The summed E-state index contributed by atoms with van der Waals surface area (Å²) in [6.45, 7) is 5.96. The van der Waals surface area contributed by atoms with E-state index in [2.05, 4.69) is 25.7 Å². The van der Waals surface area contributed by atoms with E-state index in [0.29, 0.717) is 0 Å². The number of hydrogen-bond donors (Lipinski definition) is 0. The van der Waals surface area contributed by atoms with Crippen LogP contribution in [0.25, 0.3) is 0 Å². The number of allylic oxidation sites excluding steroid dienone is 3. The smallest absolute Gasteiger partial charge is 0.0351 e. The third-order valence-electron chi connectivity index (χ3n) is 3.43. The second kappa shape index (κ2) is 16.5. The van der Waals surface area contributed by atoms with Crippen molar-refractivity contribution >= 4 is 0 Å². The molecule has 0 amide bonds. The van der Waals surface area contributed by atoms with Crippen LogP contribution in [0.15, 0.2) is 24.8 Å². The molecule has 0 saturated carbocycles. The van der Waals surface area contributed by atoms with E-state index >= 15 is 0 Å². The first-order chi connectivity index (χ1) is 8.91. The molecule has 0 aliphatic carbocycles. The highest BCUT2D eigenvalue weighted by molar-refractivity contribution is 4.79. The zero-order chi connectivity index (χ0) is 13.3. The van der Waals surface area contributed by atoms with Crippen molar-refractivity contribution in [2.45, 2.75) is 90.4 Å². The van der Waals surface area contributed by atoms with Gasteiger partial charge in [0.05, 0.1) is 0 Å². The Morgan fingerprint density at radius 3 is 1.50 bits per heavy atom. The minimum absolute atomic E-state index is 1.19. The van der Waals surface area contributed by atoms with Crippen molar-refractivity contribution in [3.63, 3.8) is 0 Å². The Kier molecular flexibility index (Phi) is 16.0. The van der Waals surface area contributed by atoms with E-state index in [1.54, 1.807) is 0 Å². The van der Waals surface area contributed by atoms with E-state index in [4.69, 9.17) is 0 Å². The third kappa shape index (κ3) is 15.5. The molecule has 0 nitrogen and oxygen atoms in total. The maximum absolute atomic E-state index is 3.76. The van der Waals surface area contributed by atoms with Crippen molar-refractivity contribution in [3.05, 3.63) is 24.8 Å². The molecular weight excluding hydrogens is 216 g/mol. The topological polar surface area (TPSA) is 0 Å². The summed E-state index contributed by atoms with van der Waals surface area (Å²) in [5.74, 6) is 0. The average molecular weight is 250 g/mol. The van der Waals surface area contributed by atoms with E-state index in [-0.39, 0.29) is 0 Å². The highest BCUT2D eigenvalue weighted by Crippen LogP contribution is 2.12. The van der Waals surface area contributed by atoms with Gasteiger partial charge in [-0.25, -0.2) is 0 Å². The van der Waals surface area contributed by atoms with Crippen molar-refractivity contribution in [2.24, 2.45) is 0 Å². The maximum atomic E-state index is 3.76. The lowest BCUT2D eigenvalue weighted by Crippen LogP contribution is -1.82. The van der Waals surface area contributed by atoms with Crippen molar-refractivity contribution in [3.8, 4) is 0 Å². The highest BCUT2D eigenvalue weighted by Gasteiger charge is 1.92. The Labute approximate surface area is 116 Å². The molecule has 106 valence electrons. The molecule has 0 spiro atoms. The molecule has 0 aliphatic heterocycles. The Bertz CT molecular complexity index is 178. The molecule has 0 unspecified atom stereocenters. The SMILES string of the molecule is C=CCCCCCCCCCCCC/C=C/CC. The standard InChI is InChI=1S/C18H34/c1-3-5-7-9-11-13-15-17-18-16-14-12-10-8-6-4-2/h3,6,8H,1,4-5,7,9-18H2,2H3/b8-6+. The molecule has 0 saturated heterocycles. The van der Waals surface area contributed by atoms with Gasteiger partial charge in [0.15, 0.2) is 0 Å². The first kappa shape index (κ1) is 17.5. The van der Waals surface area contributed by atoms with Gasteiger partial charge in [0, 0.05) is 0 Å². The molecule has 0 fully saturated rings. The van der Waals surface area contributed by atoms with Crippen LogP contribution in [-0.4, -0.2) is 0 Å². The molecule has 0 aromatic rings. The van der Waals surface area contributed by atoms with Crippen LogP contribution in [0.4, 0.5) is 0 Å². The second-order valence-corrected chi connectivity index (χ2v) is 5.28. The summed E-state index contributed by atoms with van der Waals surface area (Å²) in [4.78, 5) is 0. The van der Waals surface area contributed by atoms with Gasteiger partial charge in [0.25, 0.3) is 0 Å². The van der Waals surface area contributed by atoms with Gasteiger partial charge in [0.1, 0.15) is 0 Å². The molecule has 0 rings (SSSR count). The lowest BCUT2D eigenvalue weighted by Gasteiger charge is -2.01. The van der Waals surface area contributed by atoms with E-state index in [0.717, 1.165) is 0 Å². The predicted molar refractivity (Wildman–Crippen MR) is 85.0 cm³/mol. The lowest BCUT2D eigenvalue weighted by atomic mass is 10.1. The largest absolute Gasteiger partial charge is 0.103 e. The highest BCUT2D eigenvalue weighted by atomic mass is 14.0. The fourth-order valence-electron chi connectivity index (χ4n) is 2.25. The van der Waals surface area contributed by atoms with Crippen molar-refractivity contribution in [1.29, 1.82) is 0 Å². The van der Waals surface area contributed by atoms with Crippen LogP contribution in [0.3, 0.4) is 0 Å². The summed E-state index contributed by atoms with van der Waals surface area (Å²) < 4.78 is 0. The van der Waals surface area contributed by atoms with Gasteiger partial charge in [0.2, 0.25) is 0 Å². The molecule has 0 bridgehead atoms. The van der Waals surface area contributed by atoms with Crippen molar-refractivity contribution in [2.75, 3.05) is 0 Å². The molecule has 0 aromatic carbocycles. The zero-order valence-electron chi connectivity index (χ0n) is 12.6. The van der Waals surface area contributed by atoms with Gasteiger partial charge < -0.3 is 0 Å². The van der Waals surface area contributed by atoms with E-state index < -0.39 is 0 Å². The van der Waals surface area contributed by atoms with Crippen LogP contribution in [0, 0.1) is 0 Å². The van der Waals surface area contributed by atoms with E-state index in [1.807, 2.05) is 6.08 Å². The Balaban J connectivity index is 2.94. The van der Waals surface area contributed by atoms with Crippen LogP contribution in [0.1, 0.15) is 90.4 Å². The van der Waals surface area contributed by atoms with Gasteiger partial charge in [-0.3, -0.25) is 0 Å². The molecule has 0 aliphatic rings. The molecule has 0 atom stereocenters. The molecule has 0 heterocycles. The van der Waals surface area contributed by atoms with Crippen molar-refractivity contribution < 1.29 is 0 Å². The minimum atomic E-state index is 1.19. The Morgan fingerprint density at radius 1 is 0.611 bits per heavy atom. The van der Waals surface area contributed by atoms with Gasteiger partial charge in [-0.05, 0) is 32.1 Å². The number of unbranched alkanes of at least 4 members (excludes halogenated alkanes) is 11. The average Bonchev–Trinajstić information content (AvgIpc) is 2.39. The number of hydrogen-bond acceptors (Lipinski definition) is 0. The monoisotopic (exact) mass is 250 g/mol. The maximum Gasteiger partial charge on any atom is -0.0351 e. The van der Waals surface area contributed by atoms with Gasteiger partial charge in [-0.2, -0.15) is 0 Å². The lowest BCUT2D eigenvalue weighted by molar-refractivity contribution is 0.553. The fraction of sp³-hybridized carbons (Fsp3) is 0.778. The molecule has 0 aromatic heterocycles. The number of rotatable bonds is 14.